The van der Waals surface area contributed by atoms with Crippen LogP contribution in [-0.4, -0.2) is 15.7 Å². The number of carbonyl (C=O) groups excluding carboxylic acids is 1. The van der Waals surface area contributed by atoms with Crippen LogP contribution in [0.2, 0.25) is 0 Å². The summed E-state index contributed by atoms with van der Waals surface area (Å²) in [6.07, 6.45) is 2.84. The number of amides is 1. The molecule has 140 valence electrons. The fraction of sp³-hybridized carbons (Fsp3) is 0.304. The number of nitrogens with one attached hydrogen (secondary N) is 1. The second-order valence-corrected chi connectivity index (χ2v) is 7.47. The molecule has 27 heavy (non-hydrogen) atoms. The SMILES string of the molecule is CCC(C)(C)C(=O)NCc1cn(Cc2ccccc2)nc1-c1ccccc1. The van der Waals surface area contributed by atoms with Crippen LogP contribution in [0.3, 0.4) is 0 Å². The van der Waals surface area contributed by atoms with Crippen LogP contribution in [0.15, 0.2) is 66.9 Å². The van der Waals surface area contributed by atoms with Gasteiger partial charge in [0.25, 0.3) is 0 Å². The van der Waals surface area contributed by atoms with Crippen LogP contribution >= 0.6 is 0 Å². The molecule has 1 aromatic heterocycles. The minimum absolute atomic E-state index is 0.0693. The van der Waals surface area contributed by atoms with Gasteiger partial charge in [0, 0.05) is 29.3 Å². The highest BCUT2D eigenvalue weighted by molar-refractivity contribution is 5.81. The number of hydrogen-bond acceptors (Lipinski definition) is 2. The van der Waals surface area contributed by atoms with Crippen molar-refractivity contribution in [1.29, 1.82) is 0 Å². The molecule has 0 radical (unpaired) electrons. The lowest BCUT2D eigenvalue weighted by molar-refractivity contribution is -0.129. The van der Waals surface area contributed by atoms with Crippen molar-refractivity contribution in [2.75, 3.05) is 0 Å². The van der Waals surface area contributed by atoms with E-state index >= 15 is 0 Å². The minimum Gasteiger partial charge on any atom is -0.351 e. The van der Waals surface area contributed by atoms with E-state index in [0.29, 0.717) is 13.1 Å². The van der Waals surface area contributed by atoms with E-state index < -0.39 is 0 Å². The van der Waals surface area contributed by atoms with Crippen LogP contribution in [0.25, 0.3) is 11.3 Å². The first-order valence-corrected chi connectivity index (χ1v) is 9.43. The summed E-state index contributed by atoms with van der Waals surface area (Å²) in [6, 6.07) is 20.4. The van der Waals surface area contributed by atoms with Crippen LogP contribution in [0.5, 0.6) is 0 Å². The first-order valence-electron chi connectivity index (χ1n) is 9.43. The maximum absolute atomic E-state index is 12.5. The number of benzene rings is 2. The molecule has 0 saturated carbocycles. The highest BCUT2D eigenvalue weighted by atomic mass is 16.2. The number of hydrogen-bond donors (Lipinski definition) is 1. The monoisotopic (exact) mass is 361 g/mol. The Morgan fingerprint density at radius 1 is 1.04 bits per heavy atom. The molecule has 4 nitrogen and oxygen atoms in total. The van der Waals surface area contributed by atoms with E-state index in [2.05, 4.69) is 29.6 Å². The van der Waals surface area contributed by atoms with Crippen molar-refractivity contribution in [3.05, 3.63) is 78.0 Å². The number of aromatic nitrogens is 2. The van der Waals surface area contributed by atoms with Crippen LogP contribution in [0, 0.1) is 5.41 Å². The molecule has 1 heterocycles. The maximum atomic E-state index is 12.5. The first kappa shape index (κ1) is 18.9. The Morgan fingerprint density at radius 2 is 1.67 bits per heavy atom. The Bertz CT molecular complexity index is 883. The van der Waals surface area contributed by atoms with Gasteiger partial charge >= 0.3 is 0 Å². The zero-order chi connectivity index (χ0) is 19.3. The predicted octanol–water partition coefficient (Wildman–Crippen LogP) is 4.65. The van der Waals surface area contributed by atoms with Gasteiger partial charge < -0.3 is 5.32 Å². The van der Waals surface area contributed by atoms with E-state index in [4.69, 9.17) is 5.10 Å². The summed E-state index contributed by atoms with van der Waals surface area (Å²) in [6.45, 7) is 7.15. The number of nitrogens with zero attached hydrogens (tertiary/aromatic N) is 2. The molecule has 0 spiro atoms. The molecule has 2 aromatic carbocycles. The van der Waals surface area contributed by atoms with E-state index in [1.165, 1.54) is 5.56 Å². The van der Waals surface area contributed by atoms with Gasteiger partial charge in [0.05, 0.1) is 12.2 Å². The van der Waals surface area contributed by atoms with E-state index in [0.717, 1.165) is 23.2 Å². The summed E-state index contributed by atoms with van der Waals surface area (Å²) in [5.74, 6) is 0.0693. The Hall–Kier alpha value is -2.88. The van der Waals surface area contributed by atoms with E-state index in [-0.39, 0.29) is 11.3 Å². The van der Waals surface area contributed by atoms with Gasteiger partial charge in [-0.3, -0.25) is 9.48 Å². The molecule has 0 unspecified atom stereocenters. The molecule has 1 amide bonds. The molecule has 0 aliphatic rings. The molecule has 0 aliphatic carbocycles. The molecule has 0 saturated heterocycles. The van der Waals surface area contributed by atoms with E-state index in [9.17, 15) is 4.79 Å². The Balaban J connectivity index is 1.85. The van der Waals surface area contributed by atoms with Crippen LogP contribution in [0.4, 0.5) is 0 Å². The molecule has 0 bridgehead atoms. The van der Waals surface area contributed by atoms with Crippen molar-refractivity contribution in [2.24, 2.45) is 5.41 Å². The van der Waals surface area contributed by atoms with Crippen molar-refractivity contribution in [1.82, 2.24) is 15.1 Å². The van der Waals surface area contributed by atoms with E-state index in [1.54, 1.807) is 0 Å². The molecular weight excluding hydrogens is 334 g/mol. The van der Waals surface area contributed by atoms with Gasteiger partial charge in [-0.25, -0.2) is 0 Å². The quantitative estimate of drug-likeness (QED) is 0.666. The highest BCUT2D eigenvalue weighted by Gasteiger charge is 2.25. The van der Waals surface area contributed by atoms with Crippen molar-refractivity contribution < 1.29 is 4.79 Å². The van der Waals surface area contributed by atoms with Crippen LogP contribution in [0.1, 0.15) is 38.3 Å². The molecular formula is C23H27N3O. The van der Waals surface area contributed by atoms with Gasteiger partial charge in [-0.15, -0.1) is 0 Å². The van der Waals surface area contributed by atoms with Gasteiger partial charge in [-0.1, -0.05) is 81.4 Å². The summed E-state index contributed by atoms with van der Waals surface area (Å²) in [5.41, 5.74) is 3.83. The summed E-state index contributed by atoms with van der Waals surface area (Å²) < 4.78 is 1.95. The third kappa shape index (κ3) is 4.64. The Labute approximate surface area is 161 Å². The van der Waals surface area contributed by atoms with Crippen LogP contribution < -0.4 is 5.32 Å². The highest BCUT2D eigenvalue weighted by Crippen LogP contribution is 2.24. The average Bonchev–Trinajstić information content (AvgIpc) is 3.10. The fourth-order valence-electron chi connectivity index (χ4n) is 2.86. The lowest BCUT2D eigenvalue weighted by atomic mass is 9.89. The largest absolute Gasteiger partial charge is 0.351 e. The second kappa shape index (κ2) is 8.21. The molecule has 3 rings (SSSR count). The molecule has 0 aliphatic heterocycles. The third-order valence-corrected chi connectivity index (χ3v) is 5.01. The molecule has 0 fully saturated rings. The summed E-state index contributed by atoms with van der Waals surface area (Å²) in [4.78, 5) is 12.5. The molecule has 3 aromatic rings. The van der Waals surface area contributed by atoms with Gasteiger partial charge in [0.1, 0.15) is 0 Å². The van der Waals surface area contributed by atoms with Gasteiger partial charge in [0.15, 0.2) is 0 Å². The Morgan fingerprint density at radius 3 is 2.30 bits per heavy atom. The average molecular weight is 361 g/mol. The summed E-state index contributed by atoms with van der Waals surface area (Å²) in [5, 5.41) is 7.89. The summed E-state index contributed by atoms with van der Waals surface area (Å²) in [7, 11) is 0. The molecule has 4 heteroatoms. The Kier molecular flexibility index (Phi) is 5.75. The smallest absolute Gasteiger partial charge is 0.225 e. The van der Waals surface area contributed by atoms with Gasteiger partial charge in [-0.2, -0.15) is 5.10 Å². The lowest BCUT2D eigenvalue weighted by Gasteiger charge is -2.21. The first-order chi connectivity index (χ1) is 13.0. The van der Waals surface area contributed by atoms with E-state index in [1.807, 2.05) is 68.0 Å². The van der Waals surface area contributed by atoms with Gasteiger partial charge in [0.2, 0.25) is 5.91 Å². The predicted molar refractivity (Wildman–Crippen MR) is 109 cm³/mol. The third-order valence-electron chi connectivity index (χ3n) is 5.01. The number of carbonyl (C=O) groups is 1. The normalized spacial score (nSPS) is 11.4. The topological polar surface area (TPSA) is 46.9 Å². The summed E-state index contributed by atoms with van der Waals surface area (Å²) >= 11 is 0. The van der Waals surface area contributed by atoms with Crippen molar-refractivity contribution in [2.45, 2.75) is 40.3 Å². The van der Waals surface area contributed by atoms with Crippen molar-refractivity contribution >= 4 is 5.91 Å². The van der Waals surface area contributed by atoms with Crippen LogP contribution in [-0.2, 0) is 17.9 Å². The lowest BCUT2D eigenvalue weighted by Crippen LogP contribution is -2.36. The van der Waals surface area contributed by atoms with Gasteiger partial charge in [-0.05, 0) is 12.0 Å². The second-order valence-electron chi connectivity index (χ2n) is 7.47. The standard InChI is InChI=1S/C23H27N3O/c1-4-23(2,3)22(27)24-15-20-17-26(16-18-11-7-5-8-12-18)25-21(20)19-13-9-6-10-14-19/h5-14,17H,4,15-16H2,1-3H3,(H,24,27). The fourth-order valence-corrected chi connectivity index (χ4v) is 2.86. The zero-order valence-electron chi connectivity index (χ0n) is 16.3. The van der Waals surface area contributed by atoms with Crippen molar-refractivity contribution in [3.63, 3.8) is 0 Å². The van der Waals surface area contributed by atoms with Crippen molar-refractivity contribution in [3.8, 4) is 11.3 Å². The zero-order valence-corrected chi connectivity index (χ0v) is 16.3. The minimum atomic E-state index is -0.368. The molecule has 0 atom stereocenters. The maximum Gasteiger partial charge on any atom is 0.225 e. The molecule has 1 N–H and O–H groups in total. The number of rotatable bonds is 7.